The van der Waals surface area contributed by atoms with Gasteiger partial charge in [0.2, 0.25) is 5.91 Å². The maximum absolute atomic E-state index is 13.2. The molecule has 2 amide bonds. The van der Waals surface area contributed by atoms with Crippen molar-refractivity contribution >= 4 is 31.6 Å². The van der Waals surface area contributed by atoms with Gasteiger partial charge in [-0.1, -0.05) is 19.2 Å². The Morgan fingerprint density at radius 2 is 1.76 bits per heavy atom. The summed E-state index contributed by atoms with van der Waals surface area (Å²) < 4.78 is 37.5. The van der Waals surface area contributed by atoms with Gasteiger partial charge in [-0.05, 0) is 26.3 Å². The molecule has 3 bridgehead atoms. The molecule has 0 radical (unpaired) electrons. The number of esters is 2. The number of amides is 2. The Bertz CT molecular complexity index is 1050. The summed E-state index contributed by atoms with van der Waals surface area (Å²) >= 11 is 0. The number of rotatable bonds is 14. The van der Waals surface area contributed by atoms with Gasteiger partial charge in [0.05, 0.1) is 19.1 Å². The molecule has 0 aliphatic carbocycles. The molecule has 3 aliphatic rings. The van der Waals surface area contributed by atoms with Gasteiger partial charge in [-0.2, -0.15) is 0 Å². The van der Waals surface area contributed by atoms with Crippen LogP contribution in [0.15, 0.2) is 36.5 Å². The van der Waals surface area contributed by atoms with Crippen LogP contribution in [0.25, 0.3) is 0 Å². The predicted octanol–water partition coefficient (Wildman–Crippen LogP) is 0.562. The number of piperidine rings is 1. The maximum Gasteiger partial charge on any atom is 0.469 e. The first-order valence-electron chi connectivity index (χ1n) is 11.4. The van der Waals surface area contributed by atoms with Crippen LogP contribution < -0.4 is 0 Å². The number of imide groups is 1. The van der Waals surface area contributed by atoms with Crippen LogP contribution in [0.2, 0.25) is 0 Å². The highest BCUT2D eigenvalue weighted by Gasteiger charge is 2.69. The van der Waals surface area contributed by atoms with Gasteiger partial charge in [0.1, 0.15) is 24.9 Å². The van der Waals surface area contributed by atoms with Gasteiger partial charge >= 0.3 is 19.8 Å². The largest absolute Gasteiger partial charge is 0.469 e. The SMILES string of the molecule is C=C(C)C(=O)OCC(COC(=O)C(=C)C)OCC12C=CC3(CC1C(=O)N(CCCOP(=O)(O)O)C3=O)O2. The molecule has 1 spiro atoms. The zero-order chi connectivity index (χ0) is 27.6. The van der Waals surface area contributed by atoms with Crippen molar-refractivity contribution in [3.05, 3.63) is 36.5 Å². The number of phosphoric ester groups is 1. The Kier molecular flexibility index (Phi) is 8.57. The summed E-state index contributed by atoms with van der Waals surface area (Å²) in [5.74, 6) is -3.19. The Labute approximate surface area is 213 Å². The molecule has 3 aliphatic heterocycles. The fourth-order valence-corrected chi connectivity index (χ4v) is 4.61. The van der Waals surface area contributed by atoms with Gasteiger partial charge in [-0.3, -0.25) is 19.0 Å². The van der Waals surface area contributed by atoms with Crippen LogP contribution in [0, 0.1) is 5.92 Å². The normalized spacial score (nSPS) is 26.1. The Hall–Kier alpha value is -2.67. The summed E-state index contributed by atoms with van der Waals surface area (Å²) in [6, 6.07) is 0. The lowest BCUT2D eigenvalue weighted by molar-refractivity contribution is -0.162. The molecule has 0 saturated carbocycles. The van der Waals surface area contributed by atoms with E-state index in [0.29, 0.717) is 0 Å². The molecule has 14 heteroatoms. The lowest BCUT2D eigenvalue weighted by Gasteiger charge is -2.36. The third-order valence-corrected chi connectivity index (χ3v) is 6.62. The minimum absolute atomic E-state index is 0.0167. The van der Waals surface area contributed by atoms with E-state index < -0.39 is 54.8 Å². The van der Waals surface area contributed by atoms with Gasteiger partial charge in [0.15, 0.2) is 5.60 Å². The Morgan fingerprint density at radius 3 is 2.30 bits per heavy atom. The number of fused-ring (bicyclic) bond motifs is 3. The first-order chi connectivity index (χ1) is 17.2. The minimum Gasteiger partial charge on any atom is -0.459 e. The highest BCUT2D eigenvalue weighted by atomic mass is 31.2. The number of nitrogens with zero attached hydrogens (tertiary/aromatic N) is 1. The summed E-state index contributed by atoms with van der Waals surface area (Å²) in [6.07, 6.45) is 2.38. The quantitative estimate of drug-likeness (QED) is 0.0779. The van der Waals surface area contributed by atoms with E-state index in [4.69, 9.17) is 28.7 Å². The second-order valence-electron chi connectivity index (χ2n) is 9.20. The summed E-state index contributed by atoms with van der Waals surface area (Å²) in [5.41, 5.74) is -2.31. The summed E-state index contributed by atoms with van der Waals surface area (Å²) in [7, 11) is -4.67. The van der Waals surface area contributed by atoms with Crippen LogP contribution in [0.3, 0.4) is 0 Å². The fourth-order valence-electron chi connectivity index (χ4n) is 4.24. The number of hydrogen-bond acceptors (Lipinski definition) is 10. The van der Waals surface area contributed by atoms with Crippen molar-refractivity contribution in [1.29, 1.82) is 0 Å². The molecule has 3 rings (SSSR count). The van der Waals surface area contributed by atoms with Crippen LogP contribution >= 0.6 is 7.82 Å². The minimum atomic E-state index is -4.67. The Balaban J connectivity index is 1.67. The van der Waals surface area contributed by atoms with E-state index in [1.807, 2.05) is 0 Å². The van der Waals surface area contributed by atoms with E-state index in [0.717, 1.165) is 4.90 Å². The Morgan fingerprint density at radius 1 is 1.16 bits per heavy atom. The number of carbonyl (C=O) groups is 4. The van der Waals surface area contributed by atoms with Gasteiger partial charge < -0.3 is 28.7 Å². The first-order valence-corrected chi connectivity index (χ1v) is 13.0. The number of ether oxygens (including phenoxy) is 4. The smallest absolute Gasteiger partial charge is 0.459 e. The number of hydrogen-bond donors (Lipinski definition) is 2. The van der Waals surface area contributed by atoms with Crippen LogP contribution in [-0.2, 0) is 47.2 Å². The van der Waals surface area contributed by atoms with Gasteiger partial charge in [-0.15, -0.1) is 0 Å². The second kappa shape index (κ2) is 11.0. The number of likely N-dealkylation sites (tertiary alicyclic amines) is 1. The average Bonchev–Trinajstić information content (AvgIpc) is 3.34. The standard InChI is InChI=1S/C23H30NO12P/c1-14(2)19(26)32-11-16(12-33-20(27)15(3)4)34-13-23-7-6-22(36-23)10-17(23)18(25)24(21(22)28)8-5-9-35-37(29,30)31/h6-7,16-17H,1,3,5,8-13H2,2,4H3,(H2,29,30,31). The van der Waals surface area contributed by atoms with Crippen molar-refractivity contribution in [2.45, 2.75) is 44.0 Å². The third kappa shape index (κ3) is 6.43. The van der Waals surface area contributed by atoms with Crippen molar-refractivity contribution in [2.24, 2.45) is 5.92 Å². The molecular weight excluding hydrogens is 513 g/mol. The zero-order valence-corrected chi connectivity index (χ0v) is 21.4. The summed E-state index contributed by atoms with van der Waals surface area (Å²) in [6.45, 7) is 8.74. The maximum atomic E-state index is 13.2. The van der Waals surface area contributed by atoms with Gasteiger partial charge in [-0.25, -0.2) is 14.2 Å². The van der Waals surface area contributed by atoms with Crippen LogP contribution in [0.1, 0.15) is 26.7 Å². The molecular formula is C23H30NO12P. The molecule has 13 nitrogen and oxygen atoms in total. The van der Waals surface area contributed by atoms with Crippen molar-refractivity contribution in [1.82, 2.24) is 4.90 Å². The van der Waals surface area contributed by atoms with Crippen molar-refractivity contribution < 1.29 is 57.0 Å². The van der Waals surface area contributed by atoms with Crippen molar-refractivity contribution in [2.75, 3.05) is 33.0 Å². The molecule has 0 aromatic heterocycles. The molecule has 37 heavy (non-hydrogen) atoms. The second-order valence-corrected chi connectivity index (χ2v) is 10.4. The lowest BCUT2D eigenvalue weighted by Crippen LogP contribution is -2.57. The first kappa shape index (κ1) is 28.9. The summed E-state index contributed by atoms with van der Waals surface area (Å²) in [4.78, 5) is 68.5. The summed E-state index contributed by atoms with van der Waals surface area (Å²) in [5, 5.41) is 0. The monoisotopic (exact) mass is 543 g/mol. The molecule has 2 N–H and O–H groups in total. The molecule has 0 aromatic carbocycles. The number of phosphoric acid groups is 1. The third-order valence-electron chi connectivity index (χ3n) is 6.10. The molecule has 0 aromatic rings. The zero-order valence-electron chi connectivity index (χ0n) is 20.5. The molecule has 3 atom stereocenters. The van der Waals surface area contributed by atoms with Crippen LogP contribution in [0.4, 0.5) is 0 Å². The molecule has 3 unspecified atom stereocenters. The van der Waals surface area contributed by atoms with E-state index in [1.54, 1.807) is 12.2 Å². The van der Waals surface area contributed by atoms with E-state index in [1.165, 1.54) is 13.8 Å². The van der Waals surface area contributed by atoms with E-state index >= 15 is 0 Å². The topological polar surface area (TPSA) is 175 Å². The molecule has 2 saturated heterocycles. The molecule has 204 valence electrons. The molecule has 3 heterocycles. The van der Waals surface area contributed by atoms with Gasteiger partial charge in [0, 0.05) is 24.1 Å². The van der Waals surface area contributed by atoms with Crippen molar-refractivity contribution in [3.63, 3.8) is 0 Å². The average molecular weight is 543 g/mol. The highest BCUT2D eigenvalue weighted by molar-refractivity contribution is 7.46. The van der Waals surface area contributed by atoms with E-state index in [2.05, 4.69) is 17.7 Å². The predicted molar refractivity (Wildman–Crippen MR) is 124 cm³/mol. The van der Waals surface area contributed by atoms with Gasteiger partial charge in [0.25, 0.3) is 5.91 Å². The number of carbonyl (C=O) groups excluding carboxylic acids is 4. The lowest BCUT2D eigenvalue weighted by atomic mass is 9.75. The van der Waals surface area contributed by atoms with Crippen LogP contribution in [0.5, 0.6) is 0 Å². The van der Waals surface area contributed by atoms with Crippen LogP contribution in [-0.4, -0.2) is 88.7 Å². The van der Waals surface area contributed by atoms with E-state index in [-0.39, 0.29) is 57.0 Å². The fraction of sp³-hybridized carbons (Fsp3) is 0.565. The molecule has 2 fully saturated rings. The van der Waals surface area contributed by atoms with E-state index in [9.17, 15) is 23.7 Å². The highest BCUT2D eigenvalue weighted by Crippen LogP contribution is 2.54. The van der Waals surface area contributed by atoms with Crippen molar-refractivity contribution in [3.8, 4) is 0 Å².